The van der Waals surface area contributed by atoms with Crippen molar-refractivity contribution in [1.82, 2.24) is 15.2 Å². The average Bonchev–Trinajstić information content (AvgIpc) is 3.29. The summed E-state index contributed by atoms with van der Waals surface area (Å²) in [5, 5.41) is 3.87. The van der Waals surface area contributed by atoms with Crippen molar-refractivity contribution in [3.05, 3.63) is 35.7 Å². The maximum atomic E-state index is 13.8. The third-order valence-corrected chi connectivity index (χ3v) is 8.44. The van der Waals surface area contributed by atoms with Crippen molar-refractivity contribution in [2.24, 2.45) is 17.3 Å². The molecule has 1 saturated heterocycles. The van der Waals surface area contributed by atoms with Gasteiger partial charge in [-0.1, -0.05) is 26.8 Å². The Morgan fingerprint density at radius 1 is 1.34 bits per heavy atom. The number of alkyl halides is 3. The molecule has 3 heterocycles. The quantitative estimate of drug-likeness (QED) is 0.583. The summed E-state index contributed by atoms with van der Waals surface area (Å²) >= 11 is 0. The van der Waals surface area contributed by atoms with Crippen molar-refractivity contribution in [1.29, 1.82) is 0 Å². The molecule has 0 radical (unpaired) electrons. The van der Waals surface area contributed by atoms with Crippen LogP contribution in [0.5, 0.6) is 0 Å². The molecule has 1 aromatic rings. The zero-order valence-corrected chi connectivity index (χ0v) is 21.0. The van der Waals surface area contributed by atoms with Crippen LogP contribution in [0.15, 0.2) is 24.4 Å². The first-order valence-electron chi connectivity index (χ1n) is 13.0. The van der Waals surface area contributed by atoms with Gasteiger partial charge in [-0.2, -0.15) is 13.2 Å². The molecule has 2 unspecified atom stereocenters. The number of pyridine rings is 1. The highest BCUT2D eigenvalue weighted by molar-refractivity contribution is 5.84. The van der Waals surface area contributed by atoms with Crippen LogP contribution in [-0.2, 0) is 15.7 Å². The summed E-state index contributed by atoms with van der Waals surface area (Å²) in [6.07, 6.45) is 3.98. The van der Waals surface area contributed by atoms with Gasteiger partial charge in [-0.05, 0) is 68.1 Å². The van der Waals surface area contributed by atoms with Crippen LogP contribution < -0.4 is 5.32 Å². The van der Waals surface area contributed by atoms with Crippen molar-refractivity contribution in [2.75, 3.05) is 26.3 Å². The predicted molar refractivity (Wildman–Crippen MR) is 129 cm³/mol. The number of amides is 1. The second-order valence-corrected chi connectivity index (χ2v) is 10.7. The number of hydrogen-bond donors (Lipinski definition) is 1. The Morgan fingerprint density at radius 3 is 2.80 bits per heavy atom. The van der Waals surface area contributed by atoms with E-state index >= 15 is 0 Å². The molecule has 0 spiro atoms. The molecular weight excluding hydrogens is 455 g/mol. The molecule has 5 nitrogen and oxygen atoms in total. The zero-order chi connectivity index (χ0) is 25.2. The van der Waals surface area contributed by atoms with E-state index in [1.807, 2.05) is 11.0 Å². The van der Waals surface area contributed by atoms with Gasteiger partial charge in [0.2, 0.25) is 5.91 Å². The van der Waals surface area contributed by atoms with Crippen molar-refractivity contribution < 1.29 is 22.7 Å². The summed E-state index contributed by atoms with van der Waals surface area (Å²) in [6, 6.07) is 2.86. The minimum absolute atomic E-state index is 0.183. The van der Waals surface area contributed by atoms with E-state index in [0.29, 0.717) is 43.2 Å². The second-order valence-electron chi connectivity index (χ2n) is 10.7. The van der Waals surface area contributed by atoms with Gasteiger partial charge < -0.3 is 15.0 Å². The van der Waals surface area contributed by atoms with E-state index in [0.717, 1.165) is 63.0 Å². The lowest BCUT2D eigenvalue weighted by Crippen LogP contribution is -2.49. The normalized spacial score (nSPS) is 30.0. The predicted octanol–water partition coefficient (Wildman–Crippen LogP) is 5.32. The van der Waals surface area contributed by atoms with Crippen LogP contribution in [0.1, 0.15) is 70.6 Å². The average molecular weight is 494 g/mol. The third-order valence-electron chi connectivity index (χ3n) is 8.44. The molecule has 1 amide bonds. The Labute approximate surface area is 206 Å². The summed E-state index contributed by atoms with van der Waals surface area (Å²) in [5.41, 5.74) is 0.0251. The van der Waals surface area contributed by atoms with Crippen molar-refractivity contribution in [3.8, 4) is 0 Å². The van der Waals surface area contributed by atoms with Gasteiger partial charge in [-0.3, -0.25) is 9.78 Å². The molecule has 1 N–H and O–H groups in total. The number of ether oxygens (including phenoxy) is 1. The number of rotatable bonds is 6. The van der Waals surface area contributed by atoms with Crippen molar-refractivity contribution >= 4 is 11.5 Å². The van der Waals surface area contributed by atoms with E-state index in [4.69, 9.17) is 4.74 Å². The number of carbonyl (C=O) groups is 1. The molecular formula is C27H38F3N3O2. The Balaban J connectivity index is 1.43. The topological polar surface area (TPSA) is 54.5 Å². The Morgan fingerprint density at radius 2 is 2.14 bits per heavy atom. The number of carbonyl (C=O) groups excluding carboxylic acids is 1. The van der Waals surface area contributed by atoms with Crippen LogP contribution in [0.25, 0.3) is 5.57 Å². The fraction of sp³-hybridized carbons (Fsp3) is 0.704. The summed E-state index contributed by atoms with van der Waals surface area (Å²) < 4.78 is 45.0. The van der Waals surface area contributed by atoms with E-state index in [1.165, 1.54) is 6.20 Å². The lowest BCUT2D eigenvalue weighted by Gasteiger charge is -2.39. The Bertz CT molecular complexity index is 932. The highest BCUT2D eigenvalue weighted by Crippen LogP contribution is 2.46. The van der Waals surface area contributed by atoms with Gasteiger partial charge in [0.25, 0.3) is 0 Å². The van der Waals surface area contributed by atoms with Gasteiger partial charge >= 0.3 is 6.18 Å². The maximum absolute atomic E-state index is 13.8. The van der Waals surface area contributed by atoms with Gasteiger partial charge in [0.15, 0.2) is 0 Å². The zero-order valence-electron chi connectivity index (χ0n) is 21.0. The largest absolute Gasteiger partial charge is 0.416 e. The van der Waals surface area contributed by atoms with Gasteiger partial charge in [0.1, 0.15) is 0 Å². The van der Waals surface area contributed by atoms with Gasteiger partial charge in [0.05, 0.1) is 23.3 Å². The fourth-order valence-corrected chi connectivity index (χ4v) is 6.09. The monoisotopic (exact) mass is 493 g/mol. The molecule has 4 rings (SSSR count). The Hall–Kier alpha value is -1.93. The minimum atomic E-state index is -4.40. The summed E-state index contributed by atoms with van der Waals surface area (Å²) in [5.74, 6) is 0.917. The number of nitrogens with one attached hydrogen (secondary N) is 1. The van der Waals surface area contributed by atoms with Crippen LogP contribution >= 0.6 is 0 Å². The van der Waals surface area contributed by atoms with E-state index in [1.54, 1.807) is 0 Å². The molecule has 1 saturated carbocycles. The van der Waals surface area contributed by atoms with Crippen LogP contribution in [-0.4, -0.2) is 54.2 Å². The number of aromatic nitrogens is 1. The molecule has 2 aliphatic heterocycles. The van der Waals surface area contributed by atoms with Crippen LogP contribution in [0.3, 0.4) is 0 Å². The highest BCUT2D eigenvalue weighted by atomic mass is 19.4. The maximum Gasteiger partial charge on any atom is 0.416 e. The first kappa shape index (κ1) is 26.1. The van der Waals surface area contributed by atoms with Gasteiger partial charge in [-0.25, -0.2) is 0 Å². The lowest BCUT2D eigenvalue weighted by molar-refractivity contribution is -0.144. The molecule has 35 heavy (non-hydrogen) atoms. The van der Waals surface area contributed by atoms with Crippen molar-refractivity contribution in [2.45, 2.75) is 77.6 Å². The molecule has 194 valence electrons. The second kappa shape index (κ2) is 10.6. The number of hydrogen-bond acceptors (Lipinski definition) is 4. The molecule has 1 aromatic heterocycles. The molecule has 8 heteroatoms. The van der Waals surface area contributed by atoms with E-state index in [9.17, 15) is 18.0 Å². The summed E-state index contributed by atoms with van der Waals surface area (Å²) in [4.78, 5) is 19.9. The lowest BCUT2D eigenvalue weighted by atomic mass is 9.74. The summed E-state index contributed by atoms with van der Waals surface area (Å²) in [7, 11) is 0. The Kier molecular flexibility index (Phi) is 7.91. The van der Waals surface area contributed by atoms with Crippen LogP contribution in [0.2, 0.25) is 0 Å². The number of halogens is 3. The first-order chi connectivity index (χ1) is 16.6. The van der Waals surface area contributed by atoms with E-state index in [-0.39, 0.29) is 11.8 Å². The first-order valence-corrected chi connectivity index (χ1v) is 13.0. The van der Waals surface area contributed by atoms with Gasteiger partial charge in [0, 0.05) is 38.0 Å². The van der Waals surface area contributed by atoms with Crippen LogP contribution in [0.4, 0.5) is 13.2 Å². The minimum Gasteiger partial charge on any atom is -0.381 e. The van der Waals surface area contributed by atoms with Gasteiger partial charge in [-0.15, -0.1) is 0 Å². The van der Waals surface area contributed by atoms with Crippen molar-refractivity contribution in [3.63, 3.8) is 0 Å². The smallest absolute Gasteiger partial charge is 0.381 e. The number of nitrogens with zero attached hydrogens (tertiary/aromatic N) is 2. The molecule has 3 aliphatic rings. The molecule has 4 atom stereocenters. The fourth-order valence-electron chi connectivity index (χ4n) is 6.09. The van der Waals surface area contributed by atoms with E-state index in [2.05, 4.69) is 31.1 Å². The highest BCUT2D eigenvalue weighted by Gasteiger charge is 2.49. The molecule has 1 aliphatic carbocycles. The molecule has 0 aromatic carbocycles. The van der Waals surface area contributed by atoms with E-state index < -0.39 is 17.2 Å². The molecule has 2 fully saturated rings. The third kappa shape index (κ3) is 5.58. The summed E-state index contributed by atoms with van der Waals surface area (Å²) in [6.45, 7) is 9.00. The SMILES string of the molecule is CC[C@@H]1COCCC1N[C@@H]1CCC(C(=O)N2CC=C(c3cc(C(F)(F)F)ccn3)CC2)(C(C)C)C1. The van der Waals surface area contributed by atoms with Crippen LogP contribution in [0, 0.1) is 17.3 Å². The molecule has 0 bridgehead atoms. The standard InChI is InChI=1S/C27H38F3N3O2/c1-4-19-17-35-14-9-23(19)32-22-5-10-26(16-22,18(2)3)25(34)33-12-7-20(8-13-33)24-15-21(6-11-31-24)27(28,29)30/h6-7,11,15,18-19,22-23,32H,4-5,8-10,12-14,16-17H2,1-3H3/t19-,22-,23?,26?/m1/s1.